The van der Waals surface area contributed by atoms with E-state index in [-0.39, 0.29) is 17.1 Å². The first-order chi connectivity index (χ1) is 11.1. The predicted molar refractivity (Wildman–Crippen MR) is 82.7 cm³/mol. The van der Waals surface area contributed by atoms with E-state index >= 15 is 0 Å². The summed E-state index contributed by atoms with van der Waals surface area (Å²) in [7, 11) is 0. The number of nitro groups is 2. The molecule has 8 nitrogen and oxygen atoms in total. The zero-order chi connectivity index (χ0) is 16.4. The van der Waals surface area contributed by atoms with Crippen LogP contribution in [-0.4, -0.2) is 23.0 Å². The standard InChI is InChI=1S/C15H13N3O5/c19-17(20)12-8-13-15(14(9-12)18(21)22)23-7-6-16(13)10-11-4-2-1-3-5-11/h1-5,8-9H,6-7,10H2. The summed E-state index contributed by atoms with van der Waals surface area (Å²) in [5.74, 6) is 0.0859. The van der Waals surface area contributed by atoms with Crippen LogP contribution in [0, 0.1) is 20.2 Å². The average molecular weight is 315 g/mol. The van der Waals surface area contributed by atoms with E-state index in [0.29, 0.717) is 25.4 Å². The zero-order valence-corrected chi connectivity index (χ0v) is 12.0. The molecule has 0 aliphatic carbocycles. The molecule has 0 amide bonds. The van der Waals surface area contributed by atoms with Gasteiger partial charge in [-0.2, -0.15) is 0 Å². The number of ether oxygens (including phenoxy) is 1. The monoisotopic (exact) mass is 315 g/mol. The van der Waals surface area contributed by atoms with Crippen LogP contribution in [0.3, 0.4) is 0 Å². The molecule has 1 aliphatic rings. The van der Waals surface area contributed by atoms with Gasteiger partial charge in [0.25, 0.3) is 5.69 Å². The van der Waals surface area contributed by atoms with Crippen LogP contribution in [0.4, 0.5) is 17.1 Å². The minimum Gasteiger partial charge on any atom is -0.483 e. The highest BCUT2D eigenvalue weighted by Gasteiger charge is 2.31. The van der Waals surface area contributed by atoms with Crippen molar-refractivity contribution in [2.45, 2.75) is 6.54 Å². The van der Waals surface area contributed by atoms with E-state index in [1.165, 1.54) is 6.07 Å². The maximum Gasteiger partial charge on any atom is 0.320 e. The Morgan fingerprint density at radius 1 is 1.09 bits per heavy atom. The molecule has 0 bridgehead atoms. The van der Waals surface area contributed by atoms with Crippen molar-refractivity contribution in [2.75, 3.05) is 18.1 Å². The Morgan fingerprint density at radius 2 is 1.83 bits per heavy atom. The van der Waals surface area contributed by atoms with Crippen molar-refractivity contribution >= 4 is 17.1 Å². The van der Waals surface area contributed by atoms with E-state index in [1.807, 2.05) is 35.2 Å². The lowest BCUT2D eigenvalue weighted by Gasteiger charge is -2.30. The summed E-state index contributed by atoms with van der Waals surface area (Å²) in [4.78, 5) is 22.8. The maximum absolute atomic E-state index is 11.2. The summed E-state index contributed by atoms with van der Waals surface area (Å²) in [5.41, 5.74) is 0.682. The molecular formula is C15H13N3O5. The van der Waals surface area contributed by atoms with Gasteiger partial charge in [0.15, 0.2) is 0 Å². The minimum absolute atomic E-state index is 0.0859. The SMILES string of the molecule is O=[N+]([O-])c1cc2c(c([N+](=O)[O-])c1)OCCN2Cc1ccccc1. The van der Waals surface area contributed by atoms with Crippen molar-refractivity contribution < 1.29 is 14.6 Å². The number of fused-ring (bicyclic) bond motifs is 1. The molecule has 0 aromatic heterocycles. The minimum atomic E-state index is -0.655. The zero-order valence-electron chi connectivity index (χ0n) is 12.0. The number of nitrogens with zero attached hydrogens (tertiary/aromatic N) is 3. The highest BCUT2D eigenvalue weighted by Crippen LogP contribution is 2.43. The summed E-state index contributed by atoms with van der Waals surface area (Å²) in [6.07, 6.45) is 0. The van der Waals surface area contributed by atoms with Crippen LogP contribution < -0.4 is 9.64 Å². The molecular weight excluding hydrogens is 302 g/mol. The Balaban J connectivity index is 2.06. The van der Waals surface area contributed by atoms with Gasteiger partial charge >= 0.3 is 5.69 Å². The van der Waals surface area contributed by atoms with Crippen LogP contribution >= 0.6 is 0 Å². The van der Waals surface area contributed by atoms with E-state index in [4.69, 9.17) is 4.74 Å². The van der Waals surface area contributed by atoms with Crippen molar-refractivity contribution in [3.63, 3.8) is 0 Å². The van der Waals surface area contributed by atoms with Crippen molar-refractivity contribution in [2.24, 2.45) is 0 Å². The molecule has 0 saturated heterocycles. The number of rotatable bonds is 4. The molecule has 2 aromatic rings. The molecule has 0 atom stereocenters. The van der Waals surface area contributed by atoms with Crippen LogP contribution in [0.2, 0.25) is 0 Å². The third kappa shape index (κ3) is 2.91. The molecule has 1 heterocycles. The Morgan fingerprint density at radius 3 is 2.48 bits per heavy atom. The molecule has 0 saturated carbocycles. The van der Waals surface area contributed by atoms with Crippen molar-refractivity contribution in [1.82, 2.24) is 0 Å². The predicted octanol–water partition coefficient (Wildman–Crippen LogP) is 2.90. The topological polar surface area (TPSA) is 98.8 Å². The van der Waals surface area contributed by atoms with E-state index < -0.39 is 9.85 Å². The Labute approximate surface area is 131 Å². The second kappa shape index (κ2) is 5.91. The fourth-order valence-corrected chi connectivity index (χ4v) is 2.55. The van der Waals surface area contributed by atoms with Gasteiger partial charge < -0.3 is 9.64 Å². The van der Waals surface area contributed by atoms with Crippen LogP contribution in [-0.2, 0) is 6.54 Å². The van der Waals surface area contributed by atoms with Gasteiger partial charge in [-0.05, 0) is 5.56 Å². The first kappa shape index (κ1) is 14.8. The molecule has 3 rings (SSSR count). The van der Waals surface area contributed by atoms with E-state index in [2.05, 4.69) is 0 Å². The average Bonchev–Trinajstić information content (AvgIpc) is 2.55. The third-order valence-corrected chi connectivity index (χ3v) is 3.61. The van der Waals surface area contributed by atoms with Crippen molar-refractivity contribution in [3.05, 3.63) is 68.3 Å². The highest BCUT2D eigenvalue weighted by molar-refractivity contribution is 5.73. The molecule has 2 aromatic carbocycles. The lowest BCUT2D eigenvalue weighted by Crippen LogP contribution is -2.32. The smallest absolute Gasteiger partial charge is 0.320 e. The van der Waals surface area contributed by atoms with Crippen LogP contribution in [0.15, 0.2) is 42.5 Å². The van der Waals surface area contributed by atoms with Crippen LogP contribution in [0.1, 0.15) is 5.56 Å². The number of benzene rings is 2. The summed E-state index contributed by atoms with van der Waals surface area (Å²) in [5, 5.41) is 22.2. The van der Waals surface area contributed by atoms with Gasteiger partial charge in [-0.25, -0.2) is 0 Å². The summed E-state index contributed by atoms with van der Waals surface area (Å²) in [6, 6.07) is 11.8. The number of hydrogen-bond donors (Lipinski definition) is 0. The normalized spacial score (nSPS) is 13.1. The lowest BCUT2D eigenvalue weighted by atomic mass is 10.1. The molecule has 118 valence electrons. The lowest BCUT2D eigenvalue weighted by molar-refractivity contribution is -0.394. The van der Waals surface area contributed by atoms with Gasteiger partial charge in [-0.3, -0.25) is 20.2 Å². The van der Waals surface area contributed by atoms with E-state index in [0.717, 1.165) is 11.6 Å². The van der Waals surface area contributed by atoms with Crippen LogP contribution in [0.25, 0.3) is 0 Å². The van der Waals surface area contributed by atoms with Crippen molar-refractivity contribution in [3.8, 4) is 5.75 Å². The first-order valence-corrected chi connectivity index (χ1v) is 6.95. The molecule has 0 radical (unpaired) electrons. The van der Waals surface area contributed by atoms with Gasteiger partial charge in [0.05, 0.1) is 28.1 Å². The number of anilines is 1. The number of hydrogen-bond acceptors (Lipinski definition) is 6. The van der Waals surface area contributed by atoms with Crippen LogP contribution in [0.5, 0.6) is 5.75 Å². The number of nitro benzene ring substituents is 2. The number of non-ortho nitro benzene ring substituents is 1. The van der Waals surface area contributed by atoms with Gasteiger partial charge in [-0.15, -0.1) is 0 Å². The summed E-state index contributed by atoms with van der Waals surface area (Å²) < 4.78 is 5.41. The fourth-order valence-electron chi connectivity index (χ4n) is 2.55. The fraction of sp³-hybridized carbons (Fsp3) is 0.200. The Hall–Kier alpha value is -3.16. The first-order valence-electron chi connectivity index (χ1n) is 6.95. The molecule has 0 fully saturated rings. The largest absolute Gasteiger partial charge is 0.483 e. The summed E-state index contributed by atoms with van der Waals surface area (Å²) >= 11 is 0. The molecule has 0 N–H and O–H groups in total. The van der Waals surface area contributed by atoms with Gasteiger partial charge in [0.2, 0.25) is 5.75 Å². The third-order valence-electron chi connectivity index (χ3n) is 3.61. The van der Waals surface area contributed by atoms with E-state index in [9.17, 15) is 20.2 Å². The maximum atomic E-state index is 11.2. The highest BCUT2D eigenvalue weighted by atomic mass is 16.6. The molecule has 23 heavy (non-hydrogen) atoms. The second-order valence-electron chi connectivity index (χ2n) is 5.08. The van der Waals surface area contributed by atoms with Gasteiger partial charge in [-0.1, -0.05) is 30.3 Å². The second-order valence-corrected chi connectivity index (χ2v) is 5.08. The van der Waals surface area contributed by atoms with Gasteiger partial charge in [0, 0.05) is 12.6 Å². The molecule has 8 heteroatoms. The molecule has 0 spiro atoms. The Bertz CT molecular complexity index is 763. The van der Waals surface area contributed by atoms with E-state index in [1.54, 1.807) is 0 Å². The molecule has 0 unspecified atom stereocenters. The molecule has 1 aliphatic heterocycles. The Kier molecular flexibility index (Phi) is 3.80. The quantitative estimate of drug-likeness (QED) is 0.635. The summed E-state index contributed by atoms with van der Waals surface area (Å²) in [6.45, 7) is 1.29. The van der Waals surface area contributed by atoms with Gasteiger partial charge in [0.1, 0.15) is 6.61 Å². The van der Waals surface area contributed by atoms with Crippen molar-refractivity contribution in [1.29, 1.82) is 0 Å².